The molecule has 0 aliphatic carbocycles. The second-order valence-electron chi connectivity index (χ2n) is 3.24. The quantitative estimate of drug-likeness (QED) is 0.884. The van der Waals surface area contributed by atoms with Gasteiger partial charge in [-0.3, -0.25) is 9.48 Å². The molecule has 0 fully saturated rings. The molecule has 0 bridgehead atoms. The number of amides is 1. The molecule has 0 saturated heterocycles. The molecule has 88 valence electrons. The molecule has 0 aliphatic heterocycles. The Hall–Kier alpha value is -1.40. The maximum absolute atomic E-state index is 11.7. The van der Waals surface area contributed by atoms with Crippen molar-refractivity contribution in [3.63, 3.8) is 0 Å². The number of nitrogens with one attached hydrogen (secondary N) is 1. The van der Waals surface area contributed by atoms with Gasteiger partial charge in [0.05, 0.1) is 5.69 Å². The van der Waals surface area contributed by atoms with Crippen molar-refractivity contribution in [1.29, 1.82) is 0 Å². The highest BCUT2D eigenvalue weighted by molar-refractivity contribution is 9.10. The van der Waals surface area contributed by atoms with Crippen molar-refractivity contribution in [1.82, 2.24) is 14.8 Å². The molecule has 0 spiro atoms. The van der Waals surface area contributed by atoms with E-state index in [1.54, 1.807) is 30.7 Å². The Labute approximate surface area is 111 Å². The average Bonchev–Trinajstić information content (AvgIpc) is 2.76. The SMILES string of the molecule is O=C(Cn1cccn1)Nc1cc(Br)cnc1Cl. The third-order valence-corrected chi connectivity index (χ3v) is 2.68. The van der Waals surface area contributed by atoms with Crippen LogP contribution in [0.3, 0.4) is 0 Å². The summed E-state index contributed by atoms with van der Waals surface area (Å²) >= 11 is 9.11. The third kappa shape index (κ3) is 3.28. The molecule has 0 radical (unpaired) electrons. The first-order valence-corrected chi connectivity index (χ1v) is 5.90. The lowest BCUT2D eigenvalue weighted by atomic mass is 10.4. The van der Waals surface area contributed by atoms with E-state index in [4.69, 9.17) is 11.6 Å². The molecule has 0 saturated carbocycles. The van der Waals surface area contributed by atoms with Gasteiger partial charge < -0.3 is 5.32 Å². The van der Waals surface area contributed by atoms with Gasteiger partial charge in [0.15, 0.2) is 5.15 Å². The van der Waals surface area contributed by atoms with Gasteiger partial charge in [-0.05, 0) is 28.1 Å². The van der Waals surface area contributed by atoms with Gasteiger partial charge in [0.25, 0.3) is 0 Å². The minimum absolute atomic E-state index is 0.135. The predicted molar refractivity (Wildman–Crippen MR) is 67.8 cm³/mol. The molecule has 17 heavy (non-hydrogen) atoms. The van der Waals surface area contributed by atoms with Gasteiger partial charge in [0.2, 0.25) is 5.91 Å². The average molecular weight is 316 g/mol. The first-order valence-electron chi connectivity index (χ1n) is 4.73. The Morgan fingerprint density at radius 3 is 3.12 bits per heavy atom. The number of aromatic nitrogens is 3. The third-order valence-electron chi connectivity index (χ3n) is 1.94. The zero-order chi connectivity index (χ0) is 12.3. The molecule has 1 N–H and O–H groups in total. The van der Waals surface area contributed by atoms with Crippen LogP contribution < -0.4 is 5.32 Å². The van der Waals surface area contributed by atoms with Crippen LogP contribution in [0.15, 0.2) is 35.2 Å². The molecule has 0 aliphatic rings. The Morgan fingerprint density at radius 2 is 2.41 bits per heavy atom. The van der Waals surface area contributed by atoms with Crippen molar-refractivity contribution < 1.29 is 4.79 Å². The molecule has 7 heteroatoms. The lowest BCUT2D eigenvalue weighted by molar-refractivity contribution is -0.116. The van der Waals surface area contributed by atoms with E-state index in [9.17, 15) is 4.79 Å². The van der Waals surface area contributed by atoms with E-state index >= 15 is 0 Å². The number of rotatable bonds is 3. The summed E-state index contributed by atoms with van der Waals surface area (Å²) in [6, 6.07) is 3.44. The number of pyridine rings is 1. The van der Waals surface area contributed by atoms with Crippen LogP contribution in [0.1, 0.15) is 0 Å². The van der Waals surface area contributed by atoms with Crippen LogP contribution in [0.2, 0.25) is 5.15 Å². The molecule has 2 heterocycles. The van der Waals surface area contributed by atoms with Crippen LogP contribution in [0.5, 0.6) is 0 Å². The molecule has 2 aromatic heterocycles. The standard InChI is InChI=1S/C10H8BrClN4O/c11-7-4-8(10(12)13-5-7)15-9(17)6-16-3-1-2-14-16/h1-5H,6H2,(H,15,17). The Morgan fingerprint density at radius 1 is 1.59 bits per heavy atom. The van der Waals surface area contributed by atoms with E-state index in [-0.39, 0.29) is 17.6 Å². The van der Waals surface area contributed by atoms with E-state index in [0.717, 1.165) is 4.47 Å². The Balaban J connectivity index is 2.05. The van der Waals surface area contributed by atoms with Crippen molar-refractivity contribution in [3.8, 4) is 0 Å². The van der Waals surface area contributed by atoms with Crippen LogP contribution in [-0.4, -0.2) is 20.7 Å². The molecule has 2 rings (SSSR count). The van der Waals surface area contributed by atoms with Crippen LogP contribution in [0.4, 0.5) is 5.69 Å². The maximum Gasteiger partial charge on any atom is 0.246 e. The van der Waals surface area contributed by atoms with Crippen molar-refractivity contribution >= 4 is 39.1 Å². The Bertz CT molecular complexity index is 529. The highest BCUT2D eigenvalue weighted by Gasteiger charge is 2.08. The molecule has 1 amide bonds. The summed E-state index contributed by atoms with van der Waals surface area (Å²) in [6.07, 6.45) is 4.88. The molecule has 0 aromatic carbocycles. The predicted octanol–water partition coefficient (Wildman–Crippen LogP) is 2.33. The summed E-state index contributed by atoms with van der Waals surface area (Å²) in [5.41, 5.74) is 0.471. The van der Waals surface area contributed by atoms with E-state index in [0.29, 0.717) is 5.69 Å². The minimum atomic E-state index is -0.212. The monoisotopic (exact) mass is 314 g/mol. The molecule has 0 unspecified atom stereocenters. The zero-order valence-electron chi connectivity index (χ0n) is 8.60. The zero-order valence-corrected chi connectivity index (χ0v) is 10.9. The highest BCUT2D eigenvalue weighted by atomic mass is 79.9. The molecule has 0 atom stereocenters. The van der Waals surface area contributed by atoms with E-state index in [1.165, 1.54) is 4.68 Å². The molecular weight excluding hydrogens is 307 g/mol. The summed E-state index contributed by atoms with van der Waals surface area (Å²) in [6.45, 7) is 0.135. The molecular formula is C10H8BrClN4O. The van der Waals surface area contributed by atoms with E-state index in [1.807, 2.05) is 0 Å². The molecule has 5 nitrogen and oxygen atoms in total. The van der Waals surface area contributed by atoms with Gasteiger partial charge in [-0.15, -0.1) is 0 Å². The van der Waals surface area contributed by atoms with Crippen molar-refractivity contribution in [3.05, 3.63) is 40.3 Å². The fraction of sp³-hybridized carbons (Fsp3) is 0.100. The number of carbonyl (C=O) groups is 1. The second-order valence-corrected chi connectivity index (χ2v) is 4.52. The van der Waals surface area contributed by atoms with Gasteiger partial charge in [0.1, 0.15) is 6.54 Å². The summed E-state index contributed by atoms with van der Waals surface area (Å²) < 4.78 is 2.27. The van der Waals surface area contributed by atoms with Gasteiger partial charge in [-0.25, -0.2) is 4.98 Å². The number of hydrogen-bond acceptors (Lipinski definition) is 3. The van der Waals surface area contributed by atoms with Crippen LogP contribution >= 0.6 is 27.5 Å². The number of anilines is 1. The summed E-state index contributed by atoms with van der Waals surface area (Å²) in [5.74, 6) is -0.212. The lowest BCUT2D eigenvalue weighted by Crippen LogP contribution is -2.19. The lowest BCUT2D eigenvalue weighted by Gasteiger charge is -2.06. The Kier molecular flexibility index (Phi) is 3.75. The van der Waals surface area contributed by atoms with Gasteiger partial charge in [0, 0.05) is 23.1 Å². The second kappa shape index (κ2) is 5.29. The highest BCUT2D eigenvalue weighted by Crippen LogP contribution is 2.22. The normalized spacial score (nSPS) is 10.2. The number of hydrogen-bond donors (Lipinski definition) is 1. The fourth-order valence-corrected chi connectivity index (χ4v) is 1.72. The van der Waals surface area contributed by atoms with Crippen molar-refractivity contribution in [2.75, 3.05) is 5.32 Å². The smallest absolute Gasteiger partial charge is 0.246 e. The summed E-state index contributed by atoms with van der Waals surface area (Å²) in [5, 5.41) is 6.85. The van der Waals surface area contributed by atoms with Crippen molar-refractivity contribution in [2.24, 2.45) is 0 Å². The summed E-state index contributed by atoms with van der Waals surface area (Å²) in [7, 11) is 0. The van der Waals surface area contributed by atoms with E-state index in [2.05, 4.69) is 31.3 Å². The summed E-state index contributed by atoms with van der Waals surface area (Å²) in [4.78, 5) is 15.6. The minimum Gasteiger partial charge on any atom is -0.322 e. The molecule has 2 aromatic rings. The van der Waals surface area contributed by atoms with E-state index < -0.39 is 0 Å². The largest absolute Gasteiger partial charge is 0.322 e. The number of halogens is 2. The fourth-order valence-electron chi connectivity index (χ4n) is 1.24. The van der Waals surface area contributed by atoms with Gasteiger partial charge in [-0.2, -0.15) is 5.10 Å². The number of carbonyl (C=O) groups excluding carboxylic acids is 1. The van der Waals surface area contributed by atoms with Gasteiger partial charge >= 0.3 is 0 Å². The number of nitrogens with zero attached hydrogens (tertiary/aromatic N) is 3. The van der Waals surface area contributed by atoms with Crippen LogP contribution in [0, 0.1) is 0 Å². The van der Waals surface area contributed by atoms with Crippen LogP contribution in [-0.2, 0) is 11.3 Å². The first-order chi connectivity index (χ1) is 8.15. The van der Waals surface area contributed by atoms with Gasteiger partial charge in [-0.1, -0.05) is 11.6 Å². The topological polar surface area (TPSA) is 59.8 Å². The van der Waals surface area contributed by atoms with Crippen molar-refractivity contribution in [2.45, 2.75) is 6.54 Å². The maximum atomic E-state index is 11.7. The van der Waals surface area contributed by atoms with Crippen LogP contribution in [0.25, 0.3) is 0 Å². The first kappa shape index (κ1) is 12.1.